The summed E-state index contributed by atoms with van der Waals surface area (Å²) in [7, 11) is 0. The van der Waals surface area contributed by atoms with Crippen LogP contribution in [0.1, 0.15) is 64.9 Å². The molecule has 1 aliphatic heterocycles. The number of fused-ring (bicyclic) bond motifs is 1. The molecule has 2 fully saturated rings. The Kier molecular flexibility index (Phi) is 7.40. The van der Waals surface area contributed by atoms with Crippen LogP contribution in [0.2, 0.25) is 0 Å². The summed E-state index contributed by atoms with van der Waals surface area (Å²) in [5.74, 6) is 0.149. The van der Waals surface area contributed by atoms with E-state index in [2.05, 4.69) is 20.2 Å². The number of halogens is 1. The van der Waals surface area contributed by atoms with E-state index in [4.69, 9.17) is 4.98 Å². The maximum Gasteiger partial charge on any atom is 0.263 e. The number of Topliss-reactive ketones (excluding diaryl/α,β-unsaturated/α-hetero) is 1. The first-order valence-corrected chi connectivity index (χ1v) is 14.3. The lowest BCUT2D eigenvalue weighted by molar-refractivity contribution is 0.0746. The number of pyridine rings is 2. The molecule has 1 aliphatic carbocycles. The Labute approximate surface area is 242 Å². The number of nitrogens with zero attached hydrogens (tertiary/aromatic N) is 6. The zero-order valence-corrected chi connectivity index (χ0v) is 23.6. The van der Waals surface area contributed by atoms with Gasteiger partial charge in [-0.2, -0.15) is 4.98 Å². The van der Waals surface area contributed by atoms with Crippen LogP contribution in [0.25, 0.3) is 11.0 Å². The fourth-order valence-electron chi connectivity index (χ4n) is 6.01. The molecule has 1 amide bonds. The molecule has 216 valence electrons. The van der Waals surface area contributed by atoms with Crippen molar-refractivity contribution >= 4 is 40.2 Å². The van der Waals surface area contributed by atoms with Gasteiger partial charge in [0, 0.05) is 49.4 Å². The molecule has 11 heteroatoms. The monoisotopic (exact) mass is 568 g/mol. The number of ketones is 1. The highest BCUT2D eigenvalue weighted by atomic mass is 18.2. The molecule has 0 bridgehead atoms. The third-order valence-corrected chi connectivity index (χ3v) is 8.26. The molecule has 1 aromatic carbocycles. The van der Waals surface area contributed by atoms with E-state index in [0.717, 1.165) is 31.4 Å². The summed E-state index contributed by atoms with van der Waals surface area (Å²) in [6.45, 7) is 5.59. The molecule has 1 saturated heterocycles. The van der Waals surface area contributed by atoms with E-state index >= 15 is 0 Å². The van der Waals surface area contributed by atoms with Crippen molar-refractivity contribution in [1.29, 1.82) is 0 Å². The number of nitrogens with one attached hydrogen (secondary N) is 1. The van der Waals surface area contributed by atoms with Crippen LogP contribution in [0.3, 0.4) is 0 Å². The first kappa shape index (κ1) is 27.5. The summed E-state index contributed by atoms with van der Waals surface area (Å²) >= 11 is 0. The molecule has 1 N–H and O–H groups in total. The number of hydrogen-bond donors (Lipinski definition) is 1. The van der Waals surface area contributed by atoms with E-state index in [-0.39, 0.29) is 34.7 Å². The van der Waals surface area contributed by atoms with Gasteiger partial charge in [-0.15, -0.1) is 0 Å². The van der Waals surface area contributed by atoms with E-state index in [0.29, 0.717) is 60.1 Å². The van der Waals surface area contributed by atoms with Gasteiger partial charge in [0.25, 0.3) is 11.5 Å². The average Bonchev–Trinajstić information content (AvgIpc) is 3.52. The third kappa shape index (κ3) is 5.22. The summed E-state index contributed by atoms with van der Waals surface area (Å²) in [6, 6.07) is 9.42. The molecule has 4 aromatic rings. The van der Waals surface area contributed by atoms with Crippen LogP contribution in [0.4, 0.5) is 21.8 Å². The second-order valence-electron chi connectivity index (χ2n) is 10.9. The Bertz CT molecular complexity index is 1710. The number of anilines is 3. The van der Waals surface area contributed by atoms with Gasteiger partial charge in [0.15, 0.2) is 5.78 Å². The Morgan fingerprint density at radius 3 is 2.31 bits per heavy atom. The lowest BCUT2D eigenvalue weighted by Crippen LogP contribution is -2.48. The second kappa shape index (κ2) is 11.3. The van der Waals surface area contributed by atoms with Crippen LogP contribution >= 0.6 is 0 Å². The maximum atomic E-state index is 13.4. The predicted octanol–water partition coefficient (Wildman–Crippen LogP) is 4.66. The van der Waals surface area contributed by atoms with Crippen LogP contribution < -0.4 is 15.8 Å². The number of amides is 1. The molecule has 0 radical (unpaired) electrons. The number of carbonyl (C=O) groups is 2. The summed E-state index contributed by atoms with van der Waals surface area (Å²) in [5, 5.41) is 3.84. The molecule has 4 heterocycles. The summed E-state index contributed by atoms with van der Waals surface area (Å²) in [4.78, 5) is 56.2. The molecule has 42 heavy (non-hydrogen) atoms. The SMILES string of the molecule is CC(=O)c1c(C)c2cnc(Nc3ccc(N4CCN(C(=O)c5ccc([18F])cc5)CC4)cn3)nc2n(C2CCCC2)c1=O. The van der Waals surface area contributed by atoms with E-state index in [1.807, 2.05) is 12.1 Å². The number of carbonyl (C=O) groups excluding carboxylic acids is 2. The largest absolute Gasteiger partial charge is 0.367 e. The maximum absolute atomic E-state index is 13.4. The topological polar surface area (TPSA) is 113 Å². The fraction of sp³-hybridized carbons (Fsp3) is 0.355. The number of aryl methyl sites for hydroxylation is 1. The lowest BCUT2D eigenvalue weighted by Gasteiger charge is -2.36. The van der Waals surface area contributed by atoms with E-state index < -0.39 is 0 Å². The highest BCUT2D eigenvalue weighted by Gasteiger charge is 2.26. The zero-order valence-electron chi connectivity index (χ0n) is 23.6. The van der Waals surface area contributed by atoms with Crippen molar-refractivity contribution in [3.63, 3.8) is 0 Å². The van der Waals surface area contributed by atoms with E-state index in [1.54, 1.807) is 28.8 Å². The quantitative estimate of drug-likeness (QED) is 0.334. The van der Waals surface area contributed by atoms with E-state index in [1.165, 1.54) is 31.2 Å². The van der Waals surface area contributed by atoms with Crippen LogP contribution in [0.15, 0.2) is 53.6 Å². The van der Waals surface area contributed by atoms with Gasteiger partial charge < -0.3 is 15.1 Å². The van der Waals surface area contributed by atoms with Gasteiger partial charge in [0.05, 0.1) is 17.4 Å². The van der Waals surface area contributed by atoms with Crippen LogP contribution in [0, 0.1) is 12.7 Å². The van der Waals surface area contributed by atoms with Crippen molar-refractivity contribution in [2.45, 2.75) is 45.6 Å². The van der Waals surface area contributed by atoms with Crippen molar-refractivity contribution < 1.29 is 14.0 Å². The van der Waals surface area contributed by atoms with Crippen molar-refractivity contribution in [3.8, 4) is 0 Å². The normalized spacial score (nSPS) is 15.8. The molecule has 1 saturated carbocycles. The van der Waals surface area contributed by atoms with Gasteiger partial charge in [-0.25, -0.2) is 14.4 Å². The molecular weight excluding hydrogens is 536 g/mol. The Balaban J connectivity index is 1.18. The minimum atomic E-state index is -0.364. The van der Waals surface area contributed by atoms with E-state index in [9.17, 15) is 18.8 Å². The van der Waals surface area contributed by atoms with Crippen molar-refractivity contribution in [1.82, 2.24) is 24.4 Å². The molecular formula is C31H32FN7O3. The molecule has 3 aromatic heterocycles. The van der Waals surface area contributed by atoms with Gasteiger partial charge in [0.1, 0.15) is 17.3 Å². The molecule has 10 nitrogen and oxygen atoms in total. The first-order chi connectivity index (χ1) is 20.3. The minimum Gasteiger partial charge on any atom is -0.367 e. The van der Waals surface area contributed by atoms with Gasteiger partial charge >= 0.3 is 0 Å². The number of piperazine rings is 1. The standard InChI is InChI=1S/C31H32FN7O3/c1-19-25-18-34-31(36-28(25)39(23-5-3-4-6-23)30(42)27(19)20(2)40)35-26-12-11-24(17-33-26)37-13-15-38(16-14-37)29(41)21-7-9-22(32)10-8-21/h7-12,17-18,23H,3-6,13-16H2,1-2H3,(H,33,34,35,36)/i32-1. The summed E-state index contributed by atoms with van der Waals surface area (Å²) in [5.41, 5.74) is 2.45. The van der Waals surface area contributed by atoms with Gasteiger partial charge in [-0.05, 0) is 68.7 Å². The molecule has 0 unspecified atom stereocenters. The van der Waals surface area contributed by atoms with Gasteiger partial charge in [0.2, 0.25) is 5.95 Å². The highest BCUT2D eigenvalue weighted by Crippen LogP contribution is 2.32. The number of benzene rings is 1. The predicted molar refractivity (Wildman–Crippen MR) is 158 cm³/mol. The number of hydrogen-bond acceptors (Lipinski definition) is 8. The van der Waals surface area contributed by atoms with Crippen LogP contribution in [-0.2, 0) is 0 Å². The van der Waals surface area contributed by atoms with Crippen molar-refractivity contribution in [3.05, 3.63) is 81.7 Å². The van der Waals surface area contributed by atoms with Crippen LogP contribution in [0.5, 0.6) is 0 Å². The third-order valence-electron chi connectivity index (χ3n) is 8.26. The second-order valence-corrected chi connectivity index (χ2v) is 10.9. The van der Waals surface area contributed by atoms with Gasteiger partial charge in [-0.3, -0.25) is 19.0 Å². The Morgan fingerprint density at radius 2 is 1.67 bits per heavy atom. The Morgan fingerprint density at radius 1 is 0.952 bits per heavy atom. The number of aromatic nitrogens is 4. The summed E-state index contributed by atoms with van der Waals surface area (Å²) in [6.07, 6.45) is 7.25. The zero-order chi connectivity index (χ0) is 29.4. The average molecular weight is 569 g/mol. The van der Waals surface area contributed by atoms with Crippen molar-refractivity contribution in [2.24, 2.45) is 0 Å². The molecule has 0 atom stereocenters. The minimum absolute atomic E-state index is 0.00492. The highest BCUT2D eigenvalue weighted by molar-refractivity contribution is 5.99. The molecule has 0 spiro atoms. The van der Waals surface area contributed by atoms with Gasteiger partial charge in [-0.1, -0.05) is 12.8 Å². The smallest absolute Gasteiger partial charge is 0.263 e. The van der Waals surface area contributed by atoms with Crippen LogP contribution in [-0.4, -0.2) is 62.3 Å². The fourth-order valence-corrected chi connectivity index (χ4v) is 6.01. The first-order valence-electron chi connectivity index (χ1n) is 14.3. The van der Waals surface area contributed by atoms with Crippen molar-refractivity contribution in [2.75, 3.05) is 36.4 Å². The molecule has 6 rings (SSSR count). The lowest BCUT2D eigenvalue weighted by atomic mass is 10.0. The summed E-state index contributed by atoms with van der Waals surface area (Å²) < 4.78 is 14.9. The molecule has 2 aliphatic rings. The Hall–Kier alpha value is -4.67. The number of rotatable bonds is 6.